The molecule has 72 valence electrons. The maximum atomic E-state index is 4.04. The zero-order chi connectivity index (χ0) is 10.1. The number of hydrogen-bond acceptors (Lipinski definition) is 1. The first kappa shape index (κ1) is 9.71. The van der Waals surface area contributed by atoms with E-state index in [9.17, 15) is 0 Å². The maximum absolute atomic E-state index is 4.04. The summed E-state index contributed by atoms with van der Waals surface area (Å²) < 4.78 is 1.16. The first-order valence-corrected chi connectivity index (χ1v) is 5.53. The monoisotopic (exact) mass is 298 g/mol. The molecule has 1 aromatic heterocycles. The second-order valence-corrected chi connectivity index (χ2v) is 4.57. The Labute approximate surface area is 96.9 Å². The molecule has 0 atom stereocenters. The Hall–Kier alpha value is -0.840. The molecule has 0 saturated carbocycles. The van der Waals surface area contributed by atoms with Crippen molar-refractivity contribution in [2.45, 2.75) is 13.8 Å². The normalized spacial score (nSPS) is 10.5. The Bertz CT molecular complexity index is 460. The van der Waals surface area contributed by atoms with Gasteiger partial charge in [0.05, 0.1) is 15.5 Å². The van der Waals surface area contributed by atoms with Crippen LogP contribution in [-0.2, 0) is 0 Å². The molecule has 14 heavy (non-hydrogen) atoms. The van der Waals surface area contributed by atoms with E-state index in [0.717, 1.165) is 9.26 Å². The highest BCUT2D eigenvalue weighted by atomic mass is 127. The van der Waals surface area contributed by atoms with Gasteiger partial charge >= 0.3 is 0 Å². The van der Waals surface area contributed by atoms with Crippen molar-refractivity contribution >= 4 is 22.6 Å². The highest BCUT2D eigenvalue weighted by Gasteiger charge is 2.07. The van der Waals surface area contributed by atoms with Crippen molar-refractivity contribution in [2.75, 3.05) is 0 Å². The topological polar surface area (TPSA) is 28.7 Å². The fourth-order valence-corrected chi connectivity index (χ4v) is 2.02. The molecule has 0 unspecified atom stereocenters. The smallest absolute Gasteiger partial charge is 0.0786 e. The number of aromatic amines is 1. The summed E-state index contributed by atoms with van der Waals surface area (Å²) in [4.78, 5) is 0. The highest BCUT2D eigenvalue weighted by molar-refractivity contribution is 14.1. The highest BCUT2D eigenvalue weighted by Crippen LogP contribution is 2.26. The minimum absolute atomic E-state index is 1.12. The van der Waals surface area contributed by atoms with E-state index in [4.69, 9.17) is 0 Å². The van der Waals surface area contributed by atoms with E-state index in [1.165, 1.54) is 16.7 Å². The van der Waals surface area contributed by atoms with Crippen molar-refractivity contribution in [3.8, 4) is 11.3 Å². The van der Waals surface area contributed by atoms with Crippen LogP contribution in [0.2, 0.25) is 0 Å². The summed E-state index contributed by atoms with van der Waals surface area (Å²) in [5.41, 5.74) is 4.91. The van der Waals surface area contributed by atoms with Crippen LogP contribution in [0.5, 0.6) is 0 Å². The van der Waals surface area contributed by atoms with Gasteiger partial charge in [0.15, 0.2) is 0 Å². The third kappa shape index (κ3) is 1.68. The molecular formula is C11H11IN2. The Balaban J connectivity index is 2.62. The van der Waals surface area contributed by atoms with E-state index in [0.29, 0.717) is 0 Å². The number of aromatic nitrogens is 2. The molecule has 2 nitrogen and oxygen atoms in total. The number of H-pyrrole nitrogens is 1. The largest absolute Gasteiger partial charge is 0.277 e. The van der Waals surface area contributed by atoms with E-state index in [2.05, 4.69) is 64.8 Å². The van der Waals surface area contributed by atoms with Crippen LogP contribution in [0.1, 0.15) is 11.1 Å². The zero-order valence-corrected chi connectivity index (χ0v) is 10.3. The summed E-state index contributed by atoms with van der Waals surface area (Å²) in [6.45, 7) is 4.22. The minimum atomic E-state index is 1.12. The van der Waals surface area contributed by atoms with Crippen LogP contribution in [0.4, 0.5) is 0 Å². The van der Waals surface area contributed by atoms with Crippen molar-refractivity contribution in [3.63, 3.8) is 0 Å². The molecule has 0 fully saturated rings. The summed E-state index contributed by atoms with van der Waals surface area (Å²) in [7, 11) is 0. The molecule has 2 rings (SSSR count). The second-order valence-electron chi connectivity index (χ2n) is 3.41. The lowest BCUT2D eigenvalue weighted by molar-refractivity contribution is 1.09. The van der Waals surface area contributed by atoms with Gasteiger partial charge < -0.3 is 0 Å². The first-order valence-electron chi connectivity index (χ1n) is 4.45. The third-order valence-corrected chi connectivity index (χ3v) is 3.07. The number of nitrogens with zero attached hydrogens (tertiary/aromatic N) is 1. The van der Waals surface area contributed by atoms with Gasteiger partial charge in [0.2, 0.25) is 0 Å². The van der Waals surface area contributed by atoms with Crippen molar-refractivity contribution in [3.05, 3.63) is 39.1 Å². The summed E-state index contributed by atoms with van der Waals surface area (Å²) in [6.07, 6.45) is 1.84. The lowest BCUT2D eigenvalue weighted by Gasteiger charge is -2.05. The molecule has 0 saturated heterocycles. The maximum Gasteiger partial charge on any atom is 0.0786 e. The van der Waals surface area contributed by atoms with Crippen LogP contribution in [0.25, 0.3) is 11.3 Å². The van der Waals surface area contributed by atoms with Gasteiger partial charge in [-0.15, -0.1) is 0 Å². The van der Waals surface area contributed by atoms with E-state index in [-0.39, 0.29) is 0 Å². The fourth-order valence-electron chi connectivity index (χ4n) is 1.47. The van der Waals surface area contributed by atoms with Crippen LogP contribution in [0.3, 0.4) is 0 Å². The second kappa shape index (κ2) is 3.73. The number of benzene rings is 1. The van der Waals surface area contributed by atoms with Gasteiger partial charge in [0.25, 0.3) is 0 Å². The molecular weight excluding hydrogens is 287 g/mol. The van der Waals surface area contributed by atoms with Crippen LogP contribution in [0, 0.1) is 17.4 Å². The average Bonchev–Trinajstić information content (AvgIpc) is 2.56. The zero-order valence-electron chi connectivity index (χ0n) is 8.13. The Morgan fingerprint density at radius 3 is 2.71 bits per heavy atom. The van der Waals surface area contributed by atoms with Crippen LogP contribution in [-0.4, -0.2) is 10.2 Å². The number of aryl methyl sites for hydroxylation is 2. The molecule has 0 radical (unpaired) electrons. The Morgan fingerprint density at radius 2 is 2.07 bits per heavy atom. The lowest BCUT2D eigenvalue weighted by Crippen LogP contribution is -1.86. The van der Waals surface area contributed by atoms with Gasteiger partial charge in [-0.05, 0) is 48.1 Å². The van der Waals surface area contributed by atoms with Gasteiger partial charge in [-0.1, -0.05) is 17.7 Å². The van der Waals surface area contributed by atoms with Gasteiger partial charge in [0, 0.05) is 5.56 Å². The molecule has 1 aromatic carbocycles. The summed E-state index contributed by atoms with van der Waals surface area (Å²) in [5, 5.41) is 7.07. The lowest BCUT2D eigenvalue weighted by atomic mass is 10.0. The molecule has 3 heteroatoms. The van der Waals surface area contributed by atoms with Gasteiger partial charge in [0.1, 0.15) is 0 Å². The van der Waals surface area contributed by atoms with E-state index in [1.54, 1.807) is 0 Å². The molecule has 0 aliphatic rings. The molecule has 1 N–H and O–H groups in total. The van der Waals surface area contributed by atoms with Crippen molar-refractivity contribution in [1.29, 1.82) is 0 Å². The van der Waals surface area contributed by atoms with E-state index < -0.39 is 0 Å². The van der Waals surface area contributed by atoms with E-state index in [1.807, 2.05) is 6.20 Å². The molecule has 1 heterocycles. The Morgan fingerprint density at radius 1 is 1.29 bits per heavy atom. The number of nitrogens with one attached hydrogen (secondary N) is 1. The van der Waals surface area contributed by atoms with E-state index >= 15 is 0 Å². The number of hydrogen-bond donors (Lipinski definition) is 1. The predicted octanol–water partition coefficient (Wildman–Crippen LogP) is 3.30. The molecule has 2 aromatic rings. The van der Waals surface area contributed by atoms with Crippen molar-refractivity contribution < 1.29 is 0 Å². The van der Waals surface area contributed by atoms with Crippen molar-refractivity contribution in [2.24, 2.45) is 0 Å². The van der Waals surface area contributed by atoms with Gasteiger partial charge in [-0.2, -0.15) is 5.10 Å². The number of rotatable bonds is 1. The van der Waals surface area contributed by atoms with Crippen LogP contribution in [0.15, 0.2) is 24.4 Å². The first-order chi connectivity index (χ1) is 6.68. The van der Waals surface area contributed by atoms with Crippen LogP contribution >= 0.6 is 22.6 Å². The van der Waals surface area contributed by atoms with Crippen LogP contribution < -0.4 is 0 Å². The average molecular weight is 298 g/mol. The molecule has 0 bridgehead atoms. The molecule has 0 spiro atoms. The molecule has 0 amide bonds. The third-order valence-electron chi connectivity index (χ3n) is 2.26. The van der Waals surface area contributed by atoms with Gasteiger partial charge in [-0.3, -0.25) is 5.10 Å². The minimum Gasteiger partial charge on any atom is -0.277 e. The molecule has 0 aliphatic carbocycles. The van der Waals surface area contributed by atoms with Crippen molar-refractivity contribution in [1.82, 2.24) is 10.2 Å². The summed E-state index contributed by atoms with van der Waals surface area (Å²) in [5.74, 6) is 0. The quantitative estimate of drug-likeness (QED) is 0.804. The SMILES string of the molecule is Cc1ccc(C)c(-c2[nH]ncc2I)c1. The summed E-state index contributed by atoms with van der Waals surface area (Å²) in [6, 6.07) is 6.45. The Kier molecular flexibility index (Phi) is 2.58. The molecule has 0 aliphatic heterocycles. The standard InChI is InChI=1S/C11H11IN2/c1-7-3-4-8(2)9(5-7)11-10(12)6-13-14-11/h3-6H,1-2H3,(H,13,14). The predicted molar refractivity (Wildman–Crippen MR) is 66.2 cm³/mol. The fraction of sp³-hybridized carbons (Fsp3) is 0.182. The summed E-state index contributed by atoms with van der Waals surface area (Å²) >= 11 is 2.29. The van der Waals surface area contributed by atoms with Gasteiger partial charge in [-0.25, -0.2) is 0 Å². The number of halogens is 1.